The number of carboxylic acids is 1. The number of hydrogen-bond donors (Lipinski definition) is 3. The van der Waals surface area contributed by atoms with Crippen LogP contribution >= 0.6 is 0 Å². The smallest absolute Gasteiger partial charge is 0.305 e. The van der Waals surface area contributed by atoms with E-state index >= 15 is 0 Å². The van der Waals surface area contributed by atoms with Crippen LogP contribution < -0.4 is 25.0 Å². The maximum Gasteiger partial charge on any atom is 0.305 e. The fourth-order valence-electron chi connectivity index (χ4n) is 3.18. The van der Waals surface area contributed by atoms with E-state index in [1.165, 1.54) is 11.8 Å². The fraction of sp³-hybridized carbons (Fsp3) is 0.474. The molecule has 1 aromatic rings. The average molecular weight is 405 g/mol. The van der Waals surface area contributed by atoms with E-state index < -0.39 is 29.7 Å². The van der Waals surface area contributed by atoms with Gasteiger partial charge in [-0.2, -0.15) is 0 Å². The predicted molar refractivity (Wildman–Crippen MR) is 101 cm³/mol. The first-order valence-corrected chi connectivity index (χ1v) is 9.35. The van der Waals surface area contributed by atoms with Crippen molar-refractivity contribution in [3.63, 3.8) is 0 Å². The molecule has 2 aliphatic heterocycles. The molecule has 2 aliphatic rings. The number of carbonyl (C=O) groups is 4. The molecule has 0 aromatic heterocycles. The lowest BCUT2D eigenvalue weighted by Crippen LogP contribution is -2.47. The molecule has 3 rings (SSSR count). The van der Waals surface area contributed by atoms with Crippen molar-refractivity contribution < 1.29 is 33.8 Å². The topological polar surface area (TPSA) is 134 Å². The Hall–Kier alpha value is -3.30. The molecule has 0 radical (unpaired) electrons. The summed E-state index contributed by atoms with van der Waals surface area (Å²) in [5, 5.41) is 13.6. The number of nitrogens with one attached hydrogen (secondary N) is 2. The molecule has 0 aliphatic carbocycles. The molecule has 2 atom stereocenters. The van der Waals surface area contributed by atoms with Gasteiger partial charge >= 0.3 is 5.97 Å². The average Bonchev–Trinajstić information content (AvgIpc) is 3.09. The maximum absolute atomic E-state index is 12.5. The van der Waals surface area contributed by atoms with E-state index in [2.05, 4.69) is 10.6 Å². The summed E-state index contributed by atoms with van der Waals surface area (Å²) in [6.07, 6.45) is -0.165. The van der Waals surface area contributed by atoms with Crippen molar-refractivity contribution in [2.24, 2.45) is 5.92 Å². The summed E-state index contributed by atoms with van der Waals surface area (Å²) >= 11 is 0. The highest BCUT2D eigenvalue weighted by atomic mass is 16.6. The fourth-order valence-corrected chi connectivity index (χ4v) is 3.18. The molecule has 1 aromatic carbocycles. The van der Waals surface area contributed by atoms with Gasteiger partial charge in [0.2, 0.25) is 17.7 Å². The Morgan fingerprint density at radius 1 is 1.24 bits per heavy atom. The van der Waals surface area contributed by atoms with Crippen LogP contribution in [0.1, 0.15) is 19.8 Å². The zero-order chi connectivity index (χ0) is 21.0. The van der Waals surface area contributed by atoms with Gasteiger partial charge in [0, 0.05) is 31.3 Å². The number of carboxylic acid groups (broad SMARTS) is 1. The molecule has 156 valence electrons. The van der Waals surface area contributed by atoms with E-state index in [1.54, 1.807) is 18.2 Å². The van der Waals surface area contributed by atoms with E-state index in [4.69, 9.17) is 14.6 Å². The van der Waals surface area contributed by atoms with Crippen molar-refractivity contribution in [2.45, 2.75) is 25.8 Å². The number of nitrogens with zero attached hydrogens (tertiary/aromatic N) is 1. The van der Waals surface area contributed by atoms with Gasteiger partial charge < -0.3 is 30.1 Å². The molecular formula is C19H23N3O7. The third-order valence-corrected chi connectivity index (χ3v) is 4.72. The second kappa shape index (κ2) is 8.80. The number of amides is 3. The van der Waals surface area contributed by atoms with Gasteiger partial charge in [0.05, 0.1) is 12.3 Å². The highest BCUT2D eigenvalue weighted by Crippen LogP contribution is 2.35. The van der Waals surface area contributed by atoms with Crippen molar-refractivity contribution in [1.29, 1.82) is 0 Å². The second-order valence-electron chi connectivity index (χ2n) is 6.90. The van der Waals surface area contributed by atoms with E-state index in [1.807, 2.05) is 0 Å². The van der Waals surface area contributed by atoms with Crippen molar-refractivity contribution in [1.82, 2.24) is 10.6 Å². The van der Waals surface area contributed by atoms with Crippen molar-refractivity contribution in [2.75, 3.05) is 31.2 Å². The molecule has 29 heavy (non-hydrogen) atoms. The van der Waals surface area contributed by atoms with Crippen LogP contribution in [-0.4, -0.2) is 61.1 Å². The highest BCUT2D eigenvalue weighted by Gasteiger charge is 2.36. The van der Waals surface area contributed by atoms with Gasteiger partial charge in [-0.15, -0.1) is 0 Å². The zero-order valence-corrected chi connectivity index (χ0v) is 16.0. The van der Waals surface area contributed by atoms with Gasteiger partial charge in [-0.25, -0.2) is 0 Å². The molecule has 3 amide bonds. The standard InChI is InChI=1S/C19H23N3O7/c1-11(18(26)20-5-4-17(24)25)21-19(27)12-8-16(23)22(10-12)13-2-3-14-15(9-13)29-7-6-28-14/h2-3,9,11-12H,4-8,10H2,1H3,(H,20,26)(H,21,27)(H,24,25)/t11-,12?/m0/s1. The van der Waals surface area contributed by atoms with Gasteiger partial charge in [0.15, 0.2) is 11.5 Å². The van der Waals surface area contributed by atoms with Gasteiger partial charge in [0.25, 0.3) is 0 Å². The molecule has 0 bridgehead atoms. The molecule has 0 saturated carbocycles. The number of hydrogen-bond acceptors (Lipinski definition) is 6. The second-order valence-corrected chi connectivity index (χ2v) is 6.90. The van der Waals surface area contributed by atoms with Crippen LogP contribution in [0.5, 0.6) is 11.5 Å². The van der Waals surface area contributed by atoms with Gasteiger partial charge in [-0.3, -0.25) is 19.2 Å². The van der Waals surface area contributed by atoms with Gasteiger partial charge in [0.1, 0.15) is 19.3 Å². The lowest BCUT2D eigenvalue weighted by atomic mass is 10.1. The minimum Gasteiger partial charge on any atom is -0.486 e. The molecule has 1 unspecified atom stereocenters. The molecule has 10 nitrogen and oxygen atoms in total. The molecule has 0 spiro atoms. The third kappa shape index (κ3) is 4.95. The summed E-state index contributed by atoms with van der Waals surface area (Å²) in [7, 11) is 0. The van der Waals surface area contributed by atoms with E-state index in [9.17, 15) is 19.2 Å². The molecular weight excluding hydrogens is 382 g/mol. The normalized spacial score (nSPS) is 18.9. The minimum absolute atomic E-state index is 0.0197. The van der Waals surface area contributed by atoms with Crippen molar-refractivity contribution in [3.8, 4) is 11.5 Å². The SMILES string of the molecule is C[C@H](NC(=O)C1CC(=O)N(c2ccc3c(c2)OCCO3)C1)C(=O)NCCC(=O)O. The Morgan fingerprint density at radius 2 is 1.97 bits per heavy atom. The Morgan fingerprint density at radius 3 is 2.69 bits per heavy atom. The summed E-state index contributed by atoms with van der Waals surface area (Å²) < 4.78 is 11.0. The van der Waals surface area contributed by atoms with Crippen LogP contribution in [0.3, 0.4) is 0 Å². The Kier molecular flexibility index (Phi) is 6.20. The van der Waals surface area contributed by atoms with Crippen molar-refractivity contribution in [3.05, 3.63) is 18.2 Å². The molecule has 2 heterocycles. The van der Waals surface area contributed by atoms with Crippen LogP contribution in [0.2, 0.25) is 0 Å². The predicted octanol–water partition coefficient (Wildman–Crippen LogP) is -0.0937. The summed E-state index contributed by atoms with van der Waals surface area (Å²) in [6, 6.07) is 4.35. The Balaban J connectivity index is 1.56. The number of aliphatic carboxylic acids is 1. The molecule has 1 fully saturated rings. The van der Waals surface area contributed by atoms with Crippen LogP contribution in [0.25, 0.3) is 0 Å². The first-order chi connectivity index (χ1) is 13.8. The van der Waals surface area contributed by atoms with E-state index in [0.717, 1.165) is 0 Å². The Labute approximate surface area is 167 Å². The zero-order valence-electron chi connectivity index (χ0n) is 16.0. The Bertz CT molecular complexity index is 826. The first kappa shape index (κ1) is 20.4. The summed E-state index contributed by atoms with van der Waals surface area (Å²) in [5.74, 6) is -1.52. The highest BCUT2D eigenvalue weighted by molar-refractivity contribution is 6.01. The summed E-state index contributed by atoms with van der Waals surface area (Å²) in [5.41, 5.74) is 0.619. The first-order valence-electron chi connectivity index (χ1n) is 9.35. The van der Waals surface area contributed by atoms with Crippen LogP contribution in [0.15, 0.2) is 18.2 Å². The summed E-state index contributed by atoms with van der Waals surface area (Å²) in [4.78, 5) is 48.9. The largest absolute Gasteiger partial charge is 0.486 e. The number of carbonyl (C=O) groups excluding carboxylic acids is 3. The summed E-state index contributed by atoms with van der Waals surface area (Å²) in [6.45, 7) is 2.58. The number of ether oxygens (including phenoxy) is 2. The minimum atomic E-state index is -1.02. The van der Waals surface area contributed by atoms with E-state index in [-0.39, 0.29) is 31.8 Å². The monoisotopic (exact) mass is 405 g/mol. The van der Waals surface area contributed by atoms with Crippen LogP contribution in [-0.2, 0) is 19.2 Å². The van der Waals surface area contributed by atoms with Gasteiger partial charge in [-0.1, -0.05) is 0 Å². The number of rotatable bonds is 7. The molecule has 1 saturated heterocycles. The number of anilines is 1. The third-order valence-electron chi connectivity index (χ3n) is 4.72. The lowest BCUT2D eigenvalue weighted by Gasteiger charge is -2.22. The van der Waals surface area contributed by atoms with E-state index in [0.29, 0.717) is 30.4 Å². The van der Waals surface area contributed by atoms with Crippen molar-refractivity contribution >= 4 is 29.4 Å². The quantitative estimate of drug-likeness (QED) is 0.577. The van der Waals surface area contributed by atoms with Gasteiger partial charge in [-0.05, 0) is 19.1 Å². The molecule has 10 heteroatoms. The van der Waals surface area contributed by atoms with Crippen LogP contribution in [0, 0.1) is 5.92 Å². The number of benzene rings is 1. The number of fused-ring (bicyclic) bond motifs is 1. The lowest BCUT2D eigenvalue weighted by molar-refractivity contribution is -0.137. The maximum atomic E-state index is 12.5. The molecule has 3 N–H and O–H groups in total. The van der Waals surface area contributed by atoms with Crippen LogP contribution in [0.4, 0.5) is 5.69 Å².